The highest BCUT2D eigenvalue weighted by Crippen LogP contribution is 2.42. The van der Waals surface area contributed by atoms with Gasteiger partial charge in [0.15, 0.2) is 0 Å². The molecule has 3 aliphatic rings. The predicted molar refractivity (Wildman–Crippen MR) is 97.9 cm³/mol. The zero-order chi connectivity index (χ0) is 18.3. The Morgan fingerprint density at radius 2 is 1.92 bits per heavy atom. The highest BCUT2D eigenvalue weighted by Gasteiger charge is 2.49. The lowest BCUT2D eigenvalue weighted by molar-refractivity contribution is -0.0155. The summed E-state index contributed by atoms with van der Waals surface area (Å²) >= 11 is 0. The molecule has 0 aromatic heterocycles. The highest BCUT2D eigenvalue weighted by molar-refractivity contribution is 5.67. The smallest absolute Gasteiger partial charge is 0.409 e. The SMILES string of the molecule is CC.CC(C)OCC12CCCN1C(COC(=O)N1CCOCC1)CC2. The van der Waals surface area contributed by atoms with Gasteiger partial charge in [-0.3, -0.25) is 4.90 Å². The maximum absolute atomic E-state index is 12.1. The molecule has 3 heterocycles. The van der Waals surface area contributed by atoms with Crippen LogP contribution in [0.1, 0.15) is 53.4 Å². The molecule has 3 fully saturated rings. The molecule has 1 amide bonds. The predicted octanol–water partition coefficient (Wildman–Crippen LogP) is 2.90. The summed E-state index contributed by atoms with van der Waals surface area (Å²) in [5, 5.41) is 0. The van der Waals surface area contributed by atoms with E-state index in [9.17, 15) is 4.79 Å². The van der Waals surface area contributed by atoms with Crippen molar-refractivity contribution < 1.29 is 19.0 Å². The second-order valence-electron chi connectivity index (χ2n) is 7.25. The number of carbonyl (C=O) groups excluding carboxylic acids is 1. The van der Waals surface area contributed by atoms with Gasteiger partial charge in [-0.15, -0.1) is 0 Å². The zero-order valence-corrected chi connectivity index (χ0v) is 16.5. The summed E-state index contributed by atoms with van der Waals surface area (Å²) in [6, 6.07) is 0.346. The van der Waals surface area contributed by atoms with Crippen molar-refractivity contribution in [2.45, 2.75) is 71.1 Å². The van der Waals surface area contributed by atoms with Gasteiger partial charge in [-0.05, 0) is 46.1 Å². The van der Waals surface area contributed by atoms with E-state index in [1.165, 1.54) is 12.8 Å². The van der Waals surface area contributed by atoms with Crippen molar-refractivity contribution in [3.63, 3.8) is 0 Å². The van der Waals surface area contributed by atoms with E-state index in [-0.39, 0.29) is 17.7 Å². The molecule has 0 spiro atoms. The van der Waals surface area contributed by atoms with Crippen molar-refractivity contribution >= 4 is 6.09 Å². The molecule has 25 heavy (non-hydrogen) atoms. The van der Waals surface area contributed by atoms with Crippen molar-refractivity contribution in [3.8, 4) is 0 Å². The molecule has 3 rings (SSSR count). The molecule has 0 radical (unpaired) electrons. The highest BCUT2D eigenvalue weighted by atomic mass is 16.6. The fourth-order valence-electron chi connectivity index (χ4n) is 4.12. The van der Waals surface area contributed by atoms with Crippen molar-refractivity contribution in [1.29, 1.82) is 0 Å². The van der Waals surface area contributed by atoms with Crippen LogP contribution in [0.2, 0.25) is 0 Å². The molecule has 0 aromatic rings. The number of rotatable bonds is 5. The molecule has 6 nitrogen and oxygen atoms in total. The van der Waals surface area contributed by atoms with Crippen molar-refractivity contribution in [2.75, 3.05) is 46.1 Å². The number of ether oxygens (including phenoxy) is 3. The Bertz CT molecular complexity index is 412. The van der Waals surface area contributed by atoms with Crippen LogP contribution < -0.4 is 0 Å². The molecular weight excluding hydrogens is 320 g/mol. The van der Waals surface area contributed by atoms with Crippen LogP contribution in [0.25, 0.3) is 0 Å². The number of fused-ring (bicyclic) bond motifs is 1. The van der Waals surface area contributed by atoms with E-state index in [1.807, 2.05) is 13.8 Å². The summed E-state index contributed by atoms with van der Waals surface area (Å²) in [6.07, 6.45) is 4.74. The molecule has 0 saturated carbocycles. The third kappa shape index (κ3) is 5.08. The maximum Gasteiger partial charge on any atom is 0.409 e. The summed E-state index contributed by atoms with van der Waals surface area (Å²) < 4.78 is 16.8. The zero-order valence-electron chi connectivity index (χ0n) is 16.5. The van der Waals surface area contributed by atoms with Gasteiger partial charge in [0.05, 0.1) is 25.9 Å². The Morgan fingerprint density at radius 1 is 1.20 bits per heavy atom. The largest absolute Gasteiger partial charge is 0.448 e. The Morgan fingerprint density at radius 3 is 2.60 bits per heavy atom. The molecule has 2 atom stereocenters. The summed E-state index contributed by atoms with van der Waals surface area (Å²) in [4.78, 5) is 16.4. The van der Waals surface area contributed by atoms with Gasteiger partial charge in [0, 0.05) is 24.7 Å². The molecule has 0 bridgehead atoms. The van der Waals surface area contributed by atoms with E-state index in [0.717, 1.165) is 26.0 Å². The Labute approximate surface area is 152 Å². The first kappa shape index (κ1) is 20.5. The molecule has 0 N–H and O–H groups in total. The van der Waals surface area contributed by atoms with Gasteiger partial charge in [0.2, 0.25) is 0 Å². The molecule has 0 aromatic carbocycles. The maximum atomic E-state index is 12.1. The molecular formula is C19H36N2O4. The van der Waals surface area contributed by atoms with Gasteiger partial charge in [-0.2, -0.15) is 0 Å². The first-order valence-corrected chi connectivity index (χ1v) is 9.98. The van der Waals surface area contributed by atoms with Crippen molar-refractivity contribution in [1.82, 2.24) is 9.80 Å². The molecule has 2 unspecified atom stereocenters. The third-order valence-electron chi connectivity index (χ3n) is 5.39. The van der Waals surface area contributed by atoms with Crippen LogP contribution in [0, 0.1) is 0 Å². The van der Waals surface area contributed by atoms with E-state index in [1.54, 1.807) is 4.90 Å². The summed E-state index contributed by atoms with van der Waals surface area (Å²) in [6.45, 7) is 13.1. The number of hydrogen-bond donors (Lipinski definition) is 0. The first-order valence-electron chi connectivity index (χ1n) is 9.98. The van der Waals surface area contributed by atoms with Crippen LogP contribution in [0.5, 0.6) is 0 Å². The van der Waals surface area contributed by atoms with E-state index < -0.39 is 0 Å². The quantitative estimate of drug-likeness (QED) is 0.758. The lowest BCUT2D eigenvalue weighted by Crippen LogP contribution is -2.48. The first-order chi connectivity index (χ1) is 12.1. The molecule has 146 valence electrons. The average Bonchev–Trinajstić information content (AvgIpc) is 3.20. The van der Waals surface area contributed by atoms with E-state index in [0.29, 0.717) is 39.0 Å². The van der Waals surface area contributed by atoms with E-state index in [4.69, 9.17) is 14.2 Å². The van der Waals surface area contributed by atoms with Gasteiger partial charge >= 0.3 is 6.09 Å². The second kappa shape index (κ2) is 9.74. The van der Waals surface area contributed by atoms with Gasteiger partial charge < -0.3 is 19.1 Å². The van der Waals surface area contributed by atoms with Crippen LogP contribution in [0.15, 0.2) is 0 Å². The van der Waals surface area contributed by atoms with Crippen LogP contribution in [-0.2, 0) is 14.2 Å². The van der Waals surface area contributed by atoms with E-state index >= 15 is 0 Å². The Hall–Kier alpha value is -0.850. The summed E-state index contributed by atoms with van der Waals surface area (Å²) in [5.74, 6) is 0. The van der Waals surface area contributed by atoms with Crippen LogP contribution >= 0.6 is 0 Å². The van der Waals surface area contributed by atoms with Gasteiger partial charge in [-0.25, -0.2) is 4.79 Å². The average molecular weight is 357 g/mol. The fourth-order valence-corrected chi connectivity index (χ4v) is 4.12. The fraction of sp³-hybridized carbons (Fsp3) is 0.947. The van der Waals surface area contributed by atoms with E-state index in [2.05, 4.69) is 18.7 Å². The van der Waals surface area contributed by atoms with Crippen molar-refractivity contribution in [3.05, 3.63) is 0 Å². The van der Waals surface area contributed by atoms with Gasteiger partial charge in [0.25, 0.3) is 0 Å². The lowest BCUT2D eigenvalue weighted by Gasteiger charge is -2.35. The standard InChI is InChI=1S/C17H30N2O4.C2H6/c1-14(2)23-13-17-5-3-7-19(17)15(4-6-17)12-22-16(20)18-8-10-21-11-9-18;1-2/h14-15H,3-13H2,1-2H3;1-2H3. The summed E-state index contributed by atoms with van der Waals surface area (Å²) in [5.41, 5.74) is 0.181. The van der Waals surface area contributed by atoms with Gasteiger partial charge in [-0.1, -0.05) is 13.8 Å². The molecule has 6 heteroatoms. The third-order valence-corrected chi connectivity index (χ3v) is 5.39. The van der Waals surface area contributed by atoms with Crippen molar-refractivity contribution in [2.24, 2.45) is 0 Å². The monoisotopic (exact) mass is 356 g/mol. The van der Waals surface area contributed by atoms with Crippen LogP contribution in [-0.4, -0.2) is 79.6 Å². The molecule has 3 aliphatic heterocycles. The number of carbonyl (C=O) groups is 1. The number of hydrogen-bond acceptors (Lipinski definition) is 5. The molecule has 3 saturated heterocycles. The number of nitrogens with zero attached hydrogens (tertiary/aromatic N) is 2. The minimum absolute atomic E-state index is 0.181. The normalized spacial score (nSPS) is 29.3. The van der Waals surface area contributed by atoms with Crippen LogP contribution in [0.4, 0.5) is 4.79 Å². The van der Waals surface area contributed by atoms with Crippen LogP contribution in [0.3, 0.4) is 0 Å². The number of morpholine rings is 1. The topological polar surface area (TPSA) is 51.2 Å². The minimum atomic E-state index is -0.191. The second-order valence-corrected chi connectivity index (χ2v) is 7.25. The minimum Gasteiger partial charge on any atom is -0.448 e. The Balaban J connectivity index is 0.00000109. The molecule has 0 aliphatic carbocycles. The van der Waals surface area contributed by atoms with Gasteiger partial charge in [0.1, 0.15) is 6.61 Å². The lowest BCUT2D eigenvalue weighted by atomic mass is 9.95. The number of amides is 1. The Kier molecular flexibility index (Phi) is 7.97. The summed E-state index contributed by atoms with van der Waals surface area (Å²) in [7, 11) is 0.